The number of aliphatic hydroxyl groups is 1. The first-order valence-corrected chi connectivity index (χ1v) is 8.55. The van der Waals surface area contributed by atoms with Crippen LogP contribution in [0.3, 0.4) is 0 Å². The molecule has 1 aliphatic rings. The molecule has 1 amide bonds. The number of carbonyl (C=O) groups is 1. The van der Waals surface area contributed by atoms with Gasteiger partial charge in [0.2, 0.25) is 5.91 Å². The number of hydrogen-bond acceptors (Lipinski definition) is 3. The Kier molecular flexibility index (Phi) is 6.60. The summed E-state index contributed by atoms with van der Waals surface area (Å²) >= 11 is 0. The number of benzene rings is 1. The van der Waals surface area contributed by atoms with Crippen molar-refractivity contribution in [2.75, 3.05) is 19.8 Å². The van der Waals surface area contributed by atoms with Crippen LogP contribution in [0.15, 0.2) is 30.3 Å². The molecule has 1 aromatic carbocycles. The van der Waals surface area contributed by atoms with Crippen molar-refractivity contribution >= 4 is 5.91 Å². The van der Waals surface area contributed by atoms with E-state index in [1.54, 1.807) is 0 Å². The Bertz CT molecular complexity index is 481. The molecule has 0 bridgehead atoms. The lowest BCUT2D eigenvalue weighted by Crippen LogP contribution is -2.42. The molecule has 1 atom stereocenters. The van der Waals surface area contributed by atoms with E-state index in [0.717, 1.165) is 38.0 Å². The molecule has 1 aromatic rings. The fourth-order valence-corrected chi connectivity index (χ4v) is 3.17. The zero-order valence-electron chi connectivity index (χ0n) is 14.3. The first kappa shape index (κ1) is 18.0. The Labute approximate surface area is 139 Å². The number of amides is 1. The SMILES string of the molecule is CC(C)(CC1CCOCC1)C(=O)NCC(O)Cc1ccccc1. The first-order chi connectivity index (χ1) is 11.0. The van der Waals surface area contributed by atoms with Crippen LogP contribution in [0.2, 0.25) is 0 Å². The van der Waals surface area contributed by atoms with Gasteiger partial charge in [0.1, 0.15) is 0 Å². The number of nitrogens with one attached hydrogen (secondary N) is 1. The van der Waals surface area contributed by atoms with Gasteiger partial charge in [0.05, 0.1) is 6.10 Å². The van der Waals surface area contributed by atoms with E-state index >= 15 is 0 Å². The number of carbonyl (C=O) groups excluding carboxylic acids is 1. The highest BCUT2D eigenvalue weighted by atomic mass is 16.5. The van der Waals surface area contributed by atoms with Gasteiger partial charge in [0.25, 0.3) is 0 Å². The lowest BCUT2D eigenvalue weighted by molar-refractivity contribution is -0.131. The van der Waals surface area contributed by atoms with E-state index in [4.69, 9.17) is 4.74 Å². The molecule has 0 aliphatic carbocycles. The summed E-state index contributed by atoms with van der Waals surface area (Å²) in [6, 6.07) is 9.84. The summed E-state index contributed by atoms with van der Waals surface area (Å²) in [5, 5.41) is 13.0. The monoisotopic (exact) mass is 319 g/mol. The van der Waals surface area contributed by atoms with Crippen molar-refractivity contribution in [2.24, 2.45) is 11.3 Å². The maximum absolute atomic E-state index is 12.4. The highest BCUT2D eigenvalue weighted by molar-refractivity contribution is 5.81. The molecule has 0 aromatic heterocycles. The Morgan fingerprint density at radius 1 is 1.30 bits per heavy atom. The summed E-state index contributed by atoms with van der Waals surface area (Å²) in [4.78, 5) is 12.4. The van der Waals surface area contributed by atoms with E-state index in [-0.39, 0.29) is 5.91 Å². The molecule has 1 aliphatic heterocycles. The van der Waals surface area contributed by atoms with Crippen molar-refractivity contribution in [1.82, 2.24) is 5.32 Å². The van der Waals surface area contributed by atoms with Gasteiger partial charge in [-0.2, -0.15) is 0 Å². The van der Waals surface area contributed by atoms with Crippen LogP contribution in [0.5, 0.6) is 0 Å². The van der Waals surface area contributed by atoms with Gasteiger partial charge in [-0.25, -0.2) is 0 Å². The summed E-state index contributed by atoms with van der Waals surface area (Å²) in [5.41, 5.74) is 0.671. The quantitative estimate of drug-likeness (QED) is 0.812. The minimum absolute atomic E-state index is 0.0242. The fraction of sp³-hybridized carbons (Fsp3) is 0.632. The van der Waals surface area contributed by atoms with Crippen LogP contribution in [0.25, 0.3) is 0 Å². The molecule has 23 heavy (non-hydrogen) atoms. The standard InChI is InChI=1S/C19H29NO3/c1-19(2,13-16-8-10-23-11-9-16)18(22)20-14-17(21)12-15-6-4-3-5-7-15/h3-7,16-17,21H,8-14H2,1-2H3,(H,20,22). The summed E-state index contributed by atoms with van der Waals surface area (Å²) < 4.78 is 5.38. The maximum atomic E-state index is 12.4. The topological polar surface area (TPSA) is 58.6 Å². The molecule has 0 spiro atoms. The van der Waals surface area contributed by atoms with Crippen LogP contribution in [0.4, 0.5) is 0 Å². The van der Waals surface area contributed by atoms with Crippen LogP contribution < -0.4 is 5.32 Å². The van der Waals surface area contributed by atoms with E-state index in [9.17, 15) is 9.90 Å². The maximum Gasteiger partial charge on any atom is 0.225 e. The molecule has 1 saturated heterocycles. The summed E-state index contributed by atoms with van der Waals surface area (Å²) in [6.45, 7) is 5.88. The third-order valence-corrected chi connectivity index (χ3v) is 4.57. The van der Waals surface area contributed by atoms with Gasteiger partial charge in [-0.15, -0.1) is 0 Å². The molecule has 2 rings (SSSR count). The largest absolute Gasteiger partial charge is 0.391 e. The van der Waals surface area contributed by atoms with Gasteiger partial charge in [0, 0.05) is 31.6 Å². The van der Waals surface area contributed by atoms with Gasteiger partial charge in [-0.3, -0.25) is 4.79 Å². The molecule has 1 fully saturated rings. The molecule has 1 unspecified atom stereocenters. The lowest BCUT2D eigenvalue weighted by Gasteiger charge is -2.31. The smallest absolute Gasteiger partial charge is 0.225 e. The first-order valence-electron chi connectivity index (χ1n) is 8.55. The second-order valence-corrected chi connectivity index (χ2v) is 7.20. The summed E-state index contributed by atoms with van der Waals surface area (Å²) in [5.74, 6) is 0.579. The zero-order chi connectivity index (χ0) is 16.7. The van der Waals surface area contributed by atoms with Crippen LogP contribution in [0.1, 0.15) is 38.7 Å². The van der Waals surface area contributed by atoms with Gasteiger partial charge in [0.15, 0.2) is 0 Å². The van der Waals surface area contributed by atoms with Gasteiger partial charge >= 0.3 is 0 Å². The highest BCUT2D eigenvalue weighted by Gasteiger charge is 2.31. The van der Waals surface area contributed by atoms with E-state index in [2.05, 4.69) is 5.32 Å². The van der Waals surface area contributed by atoms with Gasteiger partial charge in [-0.1, -0.05) is 44.2 Å². The van der Waals surface area contributed by atoms with Crippen molar-refractivity contribution < 1.29 is 14.6 Å². The van der Waals surface area contributed by atoms with Crippen molar-refractivity contribution in [1.29, 1.82) is 0 Å². The van der Waals surface area contributed by atoms with Crippen LogP contribution in [-0.2, 0) is 16.0 Å². The van der Waals surface area contributed by atoms with Crippen molar-refractivity contribution in [3.05, 3.63) is 35.9 Å². The summed E-state index contributed by atoms with van der Waals surface area (Å²) in [6.07, 6.45) is 2.94. The molecule has 4 heteroatoms. The predicted octanol–water partition coefficient (Wildman–Crippen LogP) is 2.55. The van der Waals surface area contributed by atoms with Crippen molar-refractivity contribution in [3.8, 4) is 0 Å². The Morgan fingerprint density at radius 3 is 2.61 bits per heavy atom. The van der Waals surface area contributed by atoms with Crippen LogP contribution >= 0.6 is 0 Å². The van der Waals surface area contributed by atoms with E-state index < -0.39 is 11.5 Å². The van der Waals surface area contributed by atoms with Gasteiger partial charge in [-0.05, 0) is 30.7 Å². The Balaban J connectivity index is 1.76. The molecular weight excluding hydrogens is 290 g/mol. The Morgan fingerprint density at radius 2 is 1.96 bits per heavy atom. The molecule has 128 valence electrons. The number of aliphatic hydroxyl groups excluding tert-OH is 1. The average Bonchev–Trinajstić information content (AvgIpc) is 2.54. The molecular formula is C19H29NO3. The molecule has 1 heterocycles. The fourth-order valence-electron chi connectivity index (χ4n) is 3.17. The predicted molar refractivity (Wildman–Crippen MR) is 91.1 cm³/mol. The normalized spacial score (nSPS) is 17.7. The van der Waals surface area contributed by atoms with E-state index in [1.807, 2.05) is 44.2 Å². The number of rotatable bonds is 7. The van der Waals surface area contributed by atoms with E-state index in [1.165, 1.54) is 0 Å². The van der Waals surface area contributed by atoms with Crippen LogP contribution in [-0.4, -0.2) is 36.9 Å². The van der Waals surface area contributed by atoms with Crippen LogP contribution in [0, 0.1) is 11.3 Å². The average molecular weight is 319 g/mol. The molecule has 0 saturated carbocycles. The molecule has 2 N–H and O–H groups in total. The molecule has 0 radical (unpaired) electrons. The summed E-state index contributed by atoms with van der Waals surface area (Å²) in [7, 11) is 0. The minimum atomic E-state index is -0.555. The highest BCUT2D eigenvalue weighted by Crippen LogP contribution is 2.31. The minimum Gasteiger partial charge on any atom is -0.391 e. The number of ether oxygens (including phenoxy) is 1. The van der Waals surface area contributed by atoms with Crippen molar-refractivity contribution in [2.45, 2.75) is 45.6 Å². The zero-order valence-corrected chi connectivity index (χ0v) is 14.3. The third kappa shape index (κ3) is 5.96. The second kappa shape index (κ2) is 8.46. The number of hydrogen-bond donors (Lipinski definition) is 2. The lowest BCUT2D eigenvalue weighted by atomic mass is 9.79. The molecule has 4 nitrogen and oxygen atoms in total. The van der Waals surface area contributed by atoms with Gasteiger partial charge < -0.3 is 15.2 Å². The second-order valence-electron chi connectivity index (χ2n) is 7.20. The van der Waals surface area contributed by atoms with E-state index in [0.29, 0.717) is 18.9 Å². The Hall–Kier alpha value is -1.39. The third-order valence-electron chi connectivity index (χ3n) is 4.57. The van der Waals surface area contributed by atoms with Crippen molar-refractivity contribution in [3.63, 3.8) is 0 Å².